The molecule has 0 saturated carbocycles. The normalized spacial score (nSPS) is 14.0. The topological polar surface area (TPSA) is 111 Å². The molecule has 0 heterocycles. The molecule has 2 N–H and O–H groups in total. The number of allylic oxidation sites excluding steroid dienone is 11. The van der Waals surface area contributed by atoms with Gasteiger partial charge in [0.2, 0.25) is 5.91 Å². The molecule has 466 valence electrons. The minimum Gasteiger partial charge on any atom is -0.456 e. The molecule has 3 atom stereocenters. The van der Waals surface area contributed by atoms with Crippen LogP contribution in [0, 0.1) is 0 Å². The molecule has 3 unspecified atom stereocenters. The van der Waals surface area contributed by atoms with Crippen molar-refractivity contribution in [3.63, 3.8) is 0 Å². The van der Waals surface area contributed by atoms with Crippen LogP contribution in [0.2, 0.25) is 0 Å². The molecule has 0 rings (SSSR count). The first-order chi connectivity index (χ1) is 38.9. The van der Waals surface area contributed by atoms with Crippen molar-refractivity contribution in [1.82, 2.24) is 5.32 Å². The van der Waals surface area contributed by atoms with Crippen molar-refractivity contribution in [1.29, 1.82) is 0 Å². The van der Waals surface area contributed by atoms with Gasteiger partial charge in [0, 0.05) is 12.8 Å². The van der Waals surface area contributed by atoms with Crippen molar-refractivity contribution in [3.8, 4) is 0 Å². The molecule has 9 nitrogen and oxygen atoms in total. The largest absolute Gasteiger partial charge is 0.472 e. The van der Waals surface area contributed by atoms with Crippen molar-refractivity contribution in [2.24, 2.45) is 0 Å². The highest BCUT2D eigenvalue weighted by Crippen LogP contribution is 2.43. The summed E-state index contributed by atoms with van der Waals surface area (Å²) in [6, 6.07) is -0.861. The number of nitrogens with one attached hydrogen (secondary N) is 1. The molecule has 0 aromatic rings. The Morgan fingerprint density at radius 3 is 1.23 bits per heavy atom. The number of unbranched alkanes of at least 4 members (excludes halogenated alkanes) is 35. The third kappa shape index (κ3) is 60.1. The van der Waals surface area contributed by atoms with Crippen LogP contribution in [-0.2, 0) is 27.9 Å². The molecule has 1 amide bonds. The lowest BCUT2D eigenvalue weighted by Crippen LogP contribution is -2.47. The van der Waals surface area contributed by atoms with Crippen molar-refractivity contribution in [2.75, 3.05) is 40.9 Å². The van der Waals surface area contributed by atoms with E-state index in [1.807, 2.05) is 33.3 Å². The number of phosphoric ester groups is 1. The number of quaternary nitrogens is 1. The van der Waals surface area contributed by atoms with Crippen LogP contribution in [0.15, 0.2) is 72.9 Å². The highest BCUT2D eigenvalue weighted by atomic mass is 31.2. The maximum Gasteiger partial charge on any atom is 0.472 e. The standard InChI is InChI=1S/C70H129N2O7P/c1-7-10-13-16-19-22-25-28-30-31-32-33-34-35-36-37-38-39-40-41-42-45-48-51-54-57-60-63-70(74)79-68(61-58-55-52-49-46-43-27-24-21-18-15-12-9-3)67(66-78-80(75,76)77-65-64-72(4,5)6)71-69(73)62-59-56-53-50-47-44-29-26-23-20-17-14-11-8-2/h11,14,19-20,22-23,28-30,44,58,61,67-68H,7-10,12-13,15-18,21,24-27,31-43,45-57,59-60,62-66H2,1-6H3,(H-,71,73,75,76)/p+1/b14-11+,22-19-,23-20+,30-28-,44-29+,61-58-. The van der Waals surface area contributed by atoms with E-state index in [4.69, 9.17) is 13.8 Å². The highest BCUT2D eigenvalue weighted by Gasteiger charge is 2.30. The minimum atomic E-state index is -4.46. The van der Waals surface area contributed by atoms with Gasteiger partial charge in [-0.05, 0) is 96.0 Å². The average Bonchev–Trinajstić information content (AvgIpc) is 3.42. The first kappa shape index (κ1) is 77.5. The number of nitrogens with zero attached hydrogens (tertiary/aromatic N) is 1. The van der Waals surface area contributed by atoms with Crippen LogP contribution in [0.4, 0.5) is 0 Å². The molecular weight excluding hydrogens is 1010 g/mol. The van der Waals surface area contributed by atoms with E-state index in [1.54, 1.807) is 0 Å². The Bertz CT molecular complexity index is 1600. The predicted octanol–water partition coefficient (Wildman–Crippen LogP) is 21.2. The van der Waals surface area contributed by atoms with E-state index in [0.29, 0.717) is 17.4 Å². The van der Waals surface area contributed by atoms with Crippen LogP contribution in [0.3, 0.4) is 0 Å². The maximum atomic E-state index is 13.5. The van der Waals surface area contributed by atoms with Gasteiger partial charge in [0.1, 0.15) is 19.3 Å². The number of phosphoric acid groups is 1. The zero-order chi connectivity index (χ0) is 58.6. The van der Waals surface area contributed by atoms with Gasteiger partial charge in [-0.15, -0.1) is 0 Å². The minimum absolute atomic E-state index is 0.0346. The zero-order valence-corrected chi connectivity index (χ0v) is 54.2. The second kappa shape index (κ2) is 59.6. The van der Waals surface area contributed by atoms with E-state index < -0.39 is 20.0 Å². The molecule has 0 aliphatic carbocycles. The van der Waals surface area contributed by atoms with E-state index in [9.17, 15) is 19.0 Å². The molecule has 80 heavy (non-hydrogen) atoms. The Balaban J connectivity index is 5.05. The lowest BCUT2D eigenvalue weighted by Gasteiger charge is -2.27. The number of amides is 1. The van der Waals surface area contributed by atoms with Crippen molar-refractivity contribution < 1.29 is 37.3 Å². The van der Waals surface area contributed by atoms with Gasteiger partial charge in [0.15, 0.2) is 0 Å². The second-order valence-electron chi connectivity index (χ2n) is 24.0. The quantitative estimate of drug-likeness (QED) is 0.0205. The zero-order valence-electron chi connectivity index (χ0n) is 53.3. The summed E-state index contributed by atoms with van der Waals surface area (Å²) >= 11 is 0. The molecule has 0 bridgehead atoms. The summed E-state index contributed by atoms with van der Waals surface area (Å²) in [5, 5.41) is 3.05. The van der Waals surface area contributed by atoms with Crippen molar-refractivity contribution >= 4 is 19.7 Å². The fourth-order valence-corrected chi connectivity index (χ4v) is 10.4. The first-order valence-corrected chi connectivity index (χ1v) is 35.3. The third-order valence-electron chi connectivity index (χ3n) is 14.9. The first-order valence-electron chi connectivity index (χ1n) is 33.8. The molecule has 0 aromatic heterocycles. The van der Waals surface area contributed by atoms with E-state index in [2.05, 4.69) is 86.8 Å². The molecule has 0 aromatic carbocycles. The molecule has 0 spiro atoms. The Kier molecular flexibility index (Phi) is 57.7. The Hall–Kier alpha value is -2.55. The van der Waals surface area contributed by atoms with Crippen LogP contribution < -0.4 is 5.32 Å². The van der Waals surface area contributed by atoms with E-state index in [0.717, 1.165) is 96.3 Å². The smallest absolute Gasteiger partial charge is 0.456 e. The van der Waals surface area contributed by atoms with Crippen LogP contribution in [0.25, 0.3) is 0 Å². The van der Waals surface area contributed by atoms with Gasteiger partial charge >= 0.3 is 13.8 Å². The summed E-state index contributed by atoms with van der Waals surface area (Å²) < 4.78 is 30.7. The molecule has 0 saturated heterocycles. The van der Waals surface area contributed by atoms with E-state index in [-0.39, 0.29) is 31.5 Å². The molecular formula is C70H130N2O7P+. The van der Waals surface area contributed by atoms with Crippen LogP contribution in [-0.4, -0.2) is 74.3 Å². The van der Waals surface area contributed by atoms with Crippen LogP contribution in [0.1, 0.15) is 310 Å². The van der Waals surface area contributed by atoms with Crippen molar-refractivity contribution in [3.05, 3.63) is 72.9 Å². The van der Waals surface area contributed by atoms with Crippen molar-refractivity contribution in [2.45, 2.75) is 322 Å². The van der Waals surface area contributed by atoms with E-state index >= 15 is 0 Å². The Morgan fingerprint density at radius 1 is 0.450 bits per heavy atom. The van der Waals surface area contributed by atoms with E-state index in [1.165, 1.54) is 180 Å². The second-order valence-corrected chi connectivity index (χ2v) is 25.4. The van der Waals surface area contributed by atoms with Gasteiger partial charge in [-0.25, -0.2) is 4.57 Å². The summed E-state index contributed by atoms with van der Waals surface area (Å²) in [5.74, 6) is -0.523. The summed E-state index contributed by atoms with van der Waals surface area (Å²) in [6.45, 7) is 6.88. The number of esters is 1. The third-order valence-corrected chi connectivity index (χ3v) is 15.9. The molecule has 0 fully saturated rings. The SMILES string of the molecule is CC/C=C/C/C=C/C/C=C/CCCCCCC(=O)NC(COP(=O)(O)OCC[N+](C)(C)C)C(/C=C\CCCCCCCCCCCCC)OC(=O)CCCCCCCCCCCCCCCCCCC/C=C\C/C=C\CCCCC. The van der Waals surface area contributed by atoms with Gasteiger partial charge in [0.05, 0.1) is 33.8 Å². The van der Waals surface area contributed by atoms with Crippen LogP contribution >= 0.6 is 7.82 Å². The lowest BCUT2D eigenvalue weighted by atomic mass is 10.0. The fraction of sp³-hybridized carbons (Fsp3) is 0.800. The fourth-order valence-electron chi connectivity index (χ4n) is 9.69. The summed E-state index contributed by atoms with van der Waals surface area (Å²) in [7, 11) is 1.48. The Labute approximate surface area is 495 Å². The summed E-state index contributed by atoms with van der Waals surface area (Å²) in [5.41, 5.74) is 0. The number of rotatable bonds is 61. The molecule has 10 heteroatoms. The highest BCUT2D eigenvalue weighted by molar-refractivity contribution is 7.47. The molecule has 0 aliphatic rings. The monoisotopic (exact) mass is 1140 g/mol. The molecule has 0 radical (unpaired) electrons. The average molecular weight is 1140 g/mol. The predicted molar refractivity (Wildman–Crippen MR) is 346 cm³/mol. The van der Waals surface area contributed by atoms with Gasteiger partial charge in [-0.2, -0.15) is 0 Å². The number of hydrogen-bond donors (Lipinski definition) is 2. The van der Waals surface area contributed by atoms with Gasteiger partial charge < -0.3 is 19.4 Å². The van der Waals surface area contributed by atoms with Gasteiger partial charge in [-0.1, -0.05) is 274 Å². The van der Waals surface area contributed by atoms with Gasteiger partial charge in [0.25, 0.3) is 0 Å². The number of carbonyl (C=O) groups excluding carboxylic acids is 2. The van der Waals surface area contributed by atoms with Gasteiger partial charge in [-0.3, -0.25) is 18.6 Å². The number of likely N-dealkylation sites (N-methyl/N-ethyl adjacent to an activating group) is 1. The molecule has 0 aliphatic heterocycles. The van der Waals surface area contributed by atoms with Crippen LogP contribution in [0.5, 0.6) is 0 Å². The summed E-state index contributed by atoms with van der Waals surface area (Å²) in [6.07, 6.45) is 77.8. The summed E-state index contributed by atoms with van der Waals surface area (Å²) in [4.78, 5) is 37.8. The Morgan fingerprint density at radius 2 is 0.800 bits per heavy atom. The number of hydrogen-bond acceptors (Lipinski definition) is 6. The lowest BCUT2D eigenvalue weighted by molar-refractivity contribution is -0.870. The maximum absolute atomic E-state index is 13.5. The number of ether oxygens (including phenoxy) is 1. The number of carbonyl (C=O) groups is 2.